The van der Waals surface area contributed by atoms with E-state index in [9.17, 15) is 5.11 Å². The summed E-state index contributed by atoms with van der Waals surface area (Å²) in [4.78, 5) is 6.87. The summed E-state index contributed by atoms with van der Waals surface area (Å²) in [7, 11) is 0. The lowest BCUT2D eigenvalue weighted by Crippen LogP contribution is -2.33. The molecule has 3 nitrogen and oxygen atoms in total. The van der Waals surface area contributed by atoms with E-state index in [1.54, 1.807) is 0 Å². The molecule has 16 heavy (non-hydrogen) atoms. The van der Waals surface area contributed by atoms with Crippen LogP contribution in [-0.4, -0.2) is 22.7 Å². The van der Waals surface area contributed by atoms with Crippen molar-refractivity contribution in [2.45, 2.75) is 38.3 Å². The number of fused-ring (bicyclic) bond motifs is 2. The molecular formula is C13H18N2O. The summed E-state index contributed by atoms with van der Waals surface area (Å²) in [5.74, 6) is 1.86. The van der Waals surface area contributed by atoms with Crippen LogP contribution in [-0.2, 0) is 0 Å². The molecule has 2 bridgehead atoms. The van der Waals surface area contributed by atoms with Gasteiger partial charge in [-0.15, -0.1) is 0 Å². The van der Waals surface area contributed by atoms with Gasteiger partial charge in [0, 0.05) is 24.3 Å². The molecule has 2 heterocycles. The standard InChI is InChI=1S/C13H18N2O/c1-9(16)12-3-2-6-14-13(12)15-8-10-4-5-11(15)7-10/h2-3,6,9-11,16H,4-5,7-8H2,1H3. The van der Waals surface area contributed by atoms with Crippen LogP contribution in [0.15, 0.2) is 18.3 Å². The van der Waals surface area contributed by atoms with E-state index >= 15 is 0 Å². The molecule has 3 unspecified atom stereocenters. The van der Waals surface area contributed by atoms with Crippen LogP contribution in [0.25, 0.3) is 0 Å². The highest BCUT2D eigenvalue weighted by atomic mass is 16.3. The van der Waals surface area contributed by atoms with Gasteiger partial charge in [-0.1, -0.05) is 6.07 Å². The van der Waals surface area contributed by atoms with E-state index in [1.807, 2.05) is 25.3 Å². The Kier molecular flexibility index (Phi) is 2.36. The first-order valence-electron chi connectivity index (χ1n) is 6.15. The van der Waals surface area contributed by atoms with Crippen LogP contribution in [0.5, 0.6) is 0 Å². The molecule has 1 saturated heterocycles. The molecule has 2 aliphatic rings. The molecule has 86 valence electrons. The van der Waals surface area contributed by atoms with E-state index in [2.05, 4.69) is 9.88 Å². The number of aliphatic hydroxyl groups is 1. The van der Waals surface area contributed by atoms with Crippen molar-refractivity contribution in [3.63, 3.8) is 0 Å². The smallest absolute Gasteiger partial charge is 0.134 e. The highest BCUT2D eigenvalue weighted by Crippen LogP contribution is 2.41. The molecule has 3 rings (SSSR count). The van der Waals surface area contributed by atoms with Gasteiger partial charge in [-0.05, 0) is 38.2 Å². The molecule has 0 spiro atoms. The van der Waals surface area contributed by atoms with Crippen molar-refractivity contribution in [1.82, 2.24) is 4.98 Å². The van der Waals surface area contributed by atoms with E-state index < -0.39 is 6.10 Å². The first-order valence-corrected chi connectivity index (χ1v) is 6.15. The second-order valence-corrected chi connectivity index (χ2v) is 5.08. The number of aromatic nitrogens is 1. The molecule has 1 aliphatic carbocycles. The summed E-state index contributed by atoms with van der Waals surface area (Å²) in [6.45, 7) is 2.94. The van der Waals surface area contributed by atoms with Gasteiger partial charge in [-0.3, -0.25) is 0 Å². The maximum absolute atomic E-state index is 9.77. The third-order valence-corrected chi connectivity index (χ3v) is 3.95. The molecule has 3 atom stereocenters. The third-order valence-electron chi connectivity index (χ3n) is 3.95. The zero-order chi connectivity index (χ0) is 11.1. The Labute approximate surface area is 96.1 Å². The average molecular weight is 218 g/mol. The van der Waals surface area contributed by atoms with E-state index in [1.165, 1.54) is 19.3 Å². The fraction of sp³-hybridized carbons (Fsp3) is 0.615. The third kappa shape index (κ3) is 1.50. The Hall–Kier alpha value is -1.09. The van der Waals surface area contributed by atoms with E-state index in [0.717, 1.165) is 23.8 Å². The van der Waals surface area contributed by atoms with Crippen LogP contribution >= 0.6 is 0 Å². The second-order valence-electron chi connectivity index (χ2n) is 5.08. The number of nitrogens with zero attached hydrogens (tertiary/aromatic N) is 2. The molecule has 1 aromatic rings. The van der Waals surface area contributed by atoms with Gasteiger partial charge < -0.3 is 10.0 Å². The van der Waals surface area contributed by atoms with Crippen molar-refractivity contribution in [3.8, 4) is 0 Å². The molecule has 0 amide bonds. The van der Waals surface area contributed by atoms with Crippen molar-refractivity contribution in [2.75, 3.05) is 11.4 Å². The molecule has 1 saturated carbocycles. The summed E-state index contributed by atoms with van der Waals surface area (Å²) >= 11 is 0. The van der Waals surface area contributed by atoms with Gasteiger partial charge in [0.15, 0.2) is 0 Å². The SMILES string of the molecule is CC(O)c1cccnc1N1CC2CCC1C2. The van der Waals surface area contributed by atoms with Crippen molar-refractivity contribution in [3.05, 3.63) is 23.9 Å². The predicted molar refractivity (Wildman–Crippen MR) is 63.3 cm³/mol. The molecule has 1 N–H and O–H groups in total. The maximum Gasteiger partial charge on any atom is 0.134 e. The summed E-state index contributed by atoms with van der Waals surface area (Å²) < 4.78 is 0. The van der Waals surface area contributed by atoms with Gasteiger partial charge in [-0.25, -0.2) is 4.98 Å². The lowest BCUT2D eigenvalue weighted by molar-refractivity contribution is 0.199. The van der Waals surface area contributed by atoms with E-state index in [4.69, 9.17) is 0 Å². The van der Waals surface area contributed by atoms with Gasteiger partial charge in [-0.2, -0.15) is 0 Å². The highest BCUT2D eigenvalue weighted by molar-refractivity contribution is 5.50. The molecule has 1 aliphatic heterocycles. The normalized spacial score (nSPS) is 29.8. The molecule has 3 heteroatoms. The van der Waals surface area contributed by atoms with Crippen LogP contribution in [0, 0.1) is 5.92 Å². The number of piperidine rings is 1. The van der Waals surface area contributed by atoms with Crippen LogP contribution in [0.1, 0.15) is 37.9 Å². The van der Waals surface area contributed by atoms with Crippen molar-refractivity contribution in [2.24, 2.45) is 5.92 Å². The molecule has 1 aromatic heterocycles. The first kappa shape index (κ1) is 10.1. The Balaban J connectivity index is 1.94. The zero-order valence-electron chi connectivity index (χ0n) is 9.63. The number of hydrogen-bond donors (Lipinski definition) is 1. The van der Waals surface area contributed by atoms with Crippen LogP contribution in [0.4, 0.5) is 5.82 Å². The second kappa shape index (κ2) is 3.74. The number of pyridine rings is 1. The Bertz CT molecular complexity index is 391. The van der Waals surface area contributed by atoms with Gasteiger partial charge >= 0.3 is 0 Å². The average Bonchev–Trinajstić information content (AvgIpc) is 2.90. The maximum atomic E-state index is 9.77. The lowest BCUT2D eigenvalue weighted by atomic mass is 10.1. The van der Waals surface area contributed by atoms with Crippen molar-refractivity contribution < 1.29 is 5.11 Å². The van der Waals surface area contributed by atoms with Crippen LogP contribution in [0.3, 0.4) is 0 Å². The largest absolute Gasteiger partial charge is 0.389 e. The van der Waals surface area contributed by atoms with Crippen molar-refractivity contribution >= 4 is 5.82 Å². The Morgan fingerprint density at radius 2 is 2.38 bits per heavy atom. The van der Waals surface area contributed by atoms with E-state index in [0.29, 0.717) is 6.04 Å². The number of aliphatic hydroxyl groups excluding tert-OH is 1. The van der Waals surface area contributed by atoms with Crippen molar-refractivity contribution in [1.29, 1.82) is 0 Å². The minimum Gasteiger partial charge on any atom is -0.389 e. The van der Waals surface area contributed by atoms with Gasteiger partial charge in [0.05, 0.1) is 6.10 Å². The summed E-state index contributed by atoms with van der Waals surface area (Å²) in [6, 6.07) is 4.55. The summed E-state index contributed by atoms with van der Waals surface area (Å²) in [5, 5.41) is 9.77. The van der Waals surface area contributed by atoms with Gasteiger partial charge in [0.25, 0.3) is 0 Å². The molecule has 0 radical (unpaired) electrons. The minimum absolute atomic E-state index is 0.428. The van der Waals surface area contributed by atoms with Gasteiger partial charge in [0.2, 0.25) is 0 Å². The Morgan fingerprint density at radius 1 is 1.50 bits per heavy atom. The summed E-state index contributed by atoms with van der Waals surface area (Å²) in [6.07, 6.45) is 5.38. The quantitative estimate of drug-likeness (QED) is 0.826. The predicted octanol–water partition coefficient (Wildman–Crippen LogP) is 2.12. The molecular weight excluding hydrogens is 200 g/mol. The first-order chi connectivity index (χ1) is 7.75. The highest BCUT2D eigenvalue weighted by Gasteiger charge is 2.39. The fourth-order valence-corrected chi connectivity index (χ4v) is 3.16. The number of hydrogen-bond acceptors (Lipinski definition) is 3. The van der Waals surface area contributed by atoms with Gasteiger partial charge in [0.1, 0.15) is 5.82 Å². The van der Waals surface area contributed by atoms with Crippen LogP contribution < -0.4 is 4.90 Å². The number of anilines is 1. The minimum atomic E-state index is -0.428. The monoisotopic (exact) mass is 218 g/mol. The van der Waals surface area contributed by atoms with E-state index in [-0.39, 0.29) is 0 Å². The lowest BCUT2D eigenvalue weighted by Gasteiger charge is -2.30. The number of rotatable bonds is 2. The topological polar surface area (TPSA) is 36.4 Å². The Morgan fingerprint density at radius 3 is 3.00 bits per heavy atom. The van der Waals surface area contributed by atoms with Crippen LogP contribution in [0.2, 0.25) is 0 Å². The fourth-order valence-electron chi connectivity index (χ4n) is 3.16. The molecule has 2 fully saturated rings. The summed E-state index contributed by atoms with van der Waals surface area (Å²) in [5.41, 5.74) is 0.968. The molecule has 0 aromatic carbocycles. The zero-order valence-corrected chi connectivity index (χ0v) is 9.63.